The number of aromatic nitrogens is 3. The SMILES string of the molecule is c1ccc(-c2nc(-c3ccccc3)nc(-c3ccc4cccc(-c5ccc6cc(-c7ccccc7-c7ccc8ccccc8c7)ccc6c5)c4c3)n2)cc1. The summed E-state index contributed by atoms with van der Waals surface area (Å²) in [6.45, 7) is 0. The Morgan fingerprint density at radius 3 is 1.20 bits per heavy atom. The number of fused-ring (bicyclic) bond motifs is 3. The Morgan fingerprint density at radius 2 is 0.611 bits per heavy atom. The van der Waals surface area contributed by atoms with Crippen LogP contribution in [0.4, 0.5) is 0 Å². The van der Waals surface area contributed by atoms with Crippen molar-refractivity contribution in [1.82, 2.24) is 15.0 Å². The van der Waals surface area contributed by atoms with Gasteiger partial charge in [-0.15, -0.1) is 0 Å². The molecule has 3 nitrogen and oxygen atoms in total. The molecular formula is C51H33N3. The predicted octanol–water partition coefficient (Wildman–Crippen LogP) is 13.3. The van der Waals surface area contributed by atoms with Gasteiger partial charge in [-0.3, -0.25) is 0 Å². The Labute approximate surface area is 313 Å². The van der Waals surface area contributed by atoms with E-state index in [9.17, 15) is 0 Å². The van der Waals surface area contributed by atoms with Gasteiger partial charge in [0.1, 0.15) is 0 Å². The van der Waals surface area contributed by atoms with Crippen molar-refractivity contribution in [2.75, 3.05) is 0 Å². The lowest BCUT2D eigenvalue weighted by Gasteiger charge is -2.13. The summed E-state index contributed by atoms with van der Waals surface area (Å²) in [5, 5.41) is 7.22. The van der Waals surface area contributed by atoms with Crippen molar-refractivity contribution in [3.63, 3.8) is 0 Å². The minimum absolute atomic E-state index is 0.648. The molecule has 0 N–H and O–H groups in total. The Bertz CT molecular complexity index is 2930. The van der Waals surface area contributed by atoms with E-state index >= 15 is 0 Å². The third-order valence-corrected chi connectivity index (χ3v) is 10.3. The average molecular weight is 688 g/mol. The summed E-state index contributed by atoms with van der Waals surface area (Å²) in [6.07, 6.45) is 0. The van der Waals surface area contributed by atoms with Crippen LogP contribution in [-0.2, 0) is 0 Å². The summed E-state index contributed by atoms with van der Waals surface area (Å²) in [5.41, 5.74) is 10.1. The van der Waals surface area contributed by atoms with Crippen molar-refractivity contribution in [2.45, 2.75) is 0 Å². The standard InChI is InChI=1S/C51H33N3/c1-3-13-36(14-4-1)49-52-50(37-15-5-2-6-16-37)54-51(53-49)44-29-23-35-18-11-21-47(48(35)33-44)43-28-25-39-31-42(27-24-40(39)32-43)46-20-10-9-19-45(46)41-26-22-34-12-7-8-17-38(34)30-41/h1-33H. The molecule has 10 rings (SSSR count). The van der Waals surface area contributed by atoms with Crippen LogP contribution in [0.15, 0.2) is 200 Å². The van der Waals surface area contributed by atoms with Crippen LogP contribution in [-0.4, -0.2) is 15.0 Å². The molecule has 0 aliphatic carbocycles. The van der Waals surface area contributed by atoms with Crippen molar-refractivity contribution in [1.29, 1.82) is 0 Å². The molecule has 0 unspecified atom stereocenters. The van der Waals surface area contributed by atoms with E-state index in [4.69, 9.17) is 15.0 Å². The molecule has 10 aromatic rings. The minimum Gasteiger partial charge on any atom is -0.208 e. The molecule has 0 aliphatic heterocycles. The molecule has 54 heavy (non-hydrogen) atoms. The van der Waals surface area contributed by atoms with E-state index in [2.05, 4.69) is 140 Å². The highest BCUT2D eigenvalue weighted by Gasteiger charge is 2.15. The van der Waals surface area contributed by atoms with Crippen LogP contribution in [0.1, 0.15) is 0 Å². The molecule has 0 radical (unpaired) electrons. The van der Waals surface area contributed by atoms with Crippen LogP contribution in [0.3, 0.4) is 0 Å². The van der Waals surface area contributed by atoms with Gasteiger partial charge >= 0.3 is 0 Å². The van der Waals surface area contributed by atoms with E-state index in [0.29, 0.717) is 17.5 Å². The molecule has 0 atom stereocenters. The van der Waals surface area contributed by atoms with Crippen LogP contribution in [0.5, 0.6) is 0 Å². The van der Waals surface area contributed by atoms with Crippen LogP contribution >= 0.6 is 0 Å². The van der Waals surface area contributed by atoms with Gasteiger partial charge in [0.05, 0.1) is 0 Å². The second kappa shape index (κ2) is 13.4. The summed E-state index contributed by atoms with van der Waals surface area (Å²) < 4.78 is 0. The van der Waals surface area contributed by atoms with Gasteiger partial charge in [0, 0.05) is 16.7 Å². The molecule has 0 saturated heterocycles. The zero-order valence-corrected chi connectivity index (χ0v) is 29.4. The van der Waals surface area contributed by atoms with Crippen molar-refractivity contribution in [2.24, 2.45) is 0 Å². The molecule has 0 bridgehead atoms. The van der Waals surface area contributed by atoms with Crippen LogP contribution < -0.4 is 0 Å². The van der Waals surface area contributed by atoms with Crippen molar-refractivity contribution in [3.05, 3.63) is 200 Å². The summed E-state index contributed by atoms with van der Waals surface area (Å²) in [5.74, 6) is 1.96. The lowest BCUT2D eigenvalue weighted by Crippen LogP contribution is -2.00. The normalized spacial score (nSPS) is 11.3. The highest BCUT2D eigenvalue weighted by atomic mass is 15.0. The Morgan fingerprint density at radius 1 is 0.222 bits per heavy atom. The third kappa shape index (κ3) is 5.88. The fraction of sp³-hybridized carbons (Fsp3) is 0. The Hall–Kier alpha value is -7.23. The van der Waals surface area contributed by atoms with Gasteiger partial charge in [-0.2, -0.15) is 0 Å². The van der Waals surface area contributed by atoms with Crippen molar-refractivity contribution in [3.8, 4) is 67.5 Å². The molecular weight excluding hydrogens is 655 g/mol. The molecule has 9 aromatic carbocycles. The fourth-order valence-electron chi connectivity index (χ4n) is 7.53. The topological polar surface area (TPSA) is 38.7 Å². The van der Waals surface area contributed by atoms with Crippen LogP contribution in [0.25, 0.3) is 99.9 Å². The van der Waals surface area contributed by atoms with E-state index in [1.807, 2.05) is 60.7 Å². The van der Waals surface area contributed by atoms with E-state index in [-0.39, 0.29) is 0 Å². The summed E-state index contributed by atoms with van der Waals surface area (Å²) in [6, 6.07) is 70.9. The Kier molecular flexibility index (Phi) is 7.81. The lowest BCUT2D eigenvalue weighted by molar-refractivity contribution is 1.07. The first kappa shape index (κ1) is 31.5. The summed E-state index contributed by atoms with van der Waals surface area (Å²) in [7, 11) is 0. The molecule has 1 aromatic heterocycles. The number of hydrogen-bond donors (Lipinski definition) is 0. The zero-order chi connectivity index (χ0) is 35.8. The smallest absolute Gasteiger partial charge is 0.164 e. The Balaban J connectivity index is 1.04. The highest BCUT2D eigenvalue weighted by Crippen LogP contribution is 2.37. The lowest BCUT2D eigenvalue weighted by atomic mass is 9.91. The predicted molar refractivity (Wildman–Crippen MR) is 225 cm³/mol. The minimum atomic E-state index is 0.648. The van der Waals surface area contributed by atoms with E-state index in [0.717, 1.165) is 27.5 Å². The van der Waals surface area contributed by atoms with Crippen molar-refractivity contribution < 1.29 is 0 Å². The molecule has 0 saturated carbocycles. The van der Waals surface area contributed by atoms with Crippen LogP contribution in [0.2, 0.25) is 0 Å². The quantitative estimate of drug-likeness (QED) is 0.175. The maximum absolute atomic E-state index is 5.00. The molecule has 0 fully saturated rings. The first-order chi connectivity index (χ1) is 26.7. The molecule has 252 valence electrons. The van der Waals surface area contributed by atoms with E-state index in [1.54, 1.807) is 0 Å². The van der Waals surface area contributed by atoms with Gasteiger partial charge in [-0.1, -0.05) is 176 Å². The largest absolute Gasteiger partial charge is 0.208 e. The van der Waals surface area contributed by atoms with Gasteiger partial charge < -0.3 is 0 Å². The van der Waals surface area contributed by atoms with Gasteiger partial charge in [0.2, 0.25) is 0 Å². The summed E-state index contributed by atoms with van der Waals surface area (Å²) in [4.78, 5) is 14.9. The molecule has 3 heteroatoms. The van der Waals surface area contributed by atoms with Gasteiger partial charge in [-0.25, -0.2) is 15.0 Å². The van der Waals surface area contributed by atoms with Gasteiger partial charge in [0.15, 0.2) is 17.5 Å². The van der Waals surface area contributed by atoms with E-state index in [1.165, 1.54) is 54.9 Å². The maximum Gasteiger partial charge on any atom is 0.164 e. The molecule has 0 aliphatic rings. The summed E-state index contributed by atoms with van der Waals surface area (Å²) >= 11 is 0. The maximum atomic E-state index is 5.00. The number of benzene rings is 9. The second-order valence-corrected chi connectivity index (χ2v) is 13.7. The van der Waals surface area contributed by atoms with Crippen molar-refractivity contribution >= 4 is 32.3 Å². The second-order valence-electron chi connectivity index (χ2n) is 13.7. The van der Waals surface area contributed by atoms with Gasteiger partial charge in [-0.05, 0) is 90.0 Å². The first-order valence-electron chi connectivity index (χ1n) is 18.3. The molecule has 0 spiro atoms. The molecule has 1 heterocycles. The highest BCUT2D eigenvalue weighted by molar-refractivity contribution is 6.01. The number of hydrogen-bond acceptors (Lipinski definition) is 3. The average Bonchev–Trinajstić information content (AvgIpc) is 3.26. The molecule has 0 amide bonds. The van der Waals surface area contributed by atoms with Gasteiger partial charge in [0.25, 0.3) is 0 Å². The van der Waals surface area contributed by atoms with E-state index < -0.39 is 0 Å². The number of rotatable bonds is 6. The number of nitrogens with zero attached hydrogens (tertiary/aromatic N) is 3. The first-order valence-corrected chi connectivity index (χ1v) is 18.3. The fourth-order valence-corrected chi connectivity index (χ4v) is 7.53. The zero-order valence-electron chi connectivity index (χ0n) is 29.4. The van der Waals surface area contributed by atoms with Crippen LogP contribution in [0, 0.1) is 0 Å². The monoisotopic (exact) mass is 687 g/mol. The third-order valence-electron chi connectivity index (χ3n) is 10.3.